The largest absolute Gasteiger partial charge is 0.379 e. The fraction of sp³-hybridized carbons (Fsp3) is 0.318. The first-order valence-corrected chi connectivity index (χ1v) is 11.4. The predicted molar refractivity (Wildman–Crippen MR) is 123 cm³/mol. The van der Waals surface area contributed by atoms with Crippen LogP contribution in [0.2, 0.25) is 5.02 Å². The van der Waals surface area contributed by atoms with Gasteiger partial charge in [-0.05, 0) is 31.2 Å². The Kier molecular flexibility index (Phi) is 5.62. The molecule has 0 atom stereocenters. The molecule has 0 aliphatic carbocycles. The first-order chi connectivity index (χ1) is 15.1. The smallest absolute Gasteiger partial charge is 0.279 e. The number of hydrogen-bond donors (Lipinski definition) is 0. The highest BCUT2D eigenvalue weighted by atomic mass is 35.5. The van der Waals surface area contributed by atoms with Gasteiger partial charge in [-0.1, -0.05) is 35.1 Å². The standard InChI is InChI=1S/C22H22ClN5O2S/c1-15-20(27-8-3-2-7-18(27)24-15)21(29)28(10-9-26-11-13-30-14-12-26)22-25-19-16(23)5-4-6-17(19)31-22/h2-8H,9-14H2,1H3. The van der Waals surface area contributed by atoms with E-state index < -0.39 is 0 Å². The molecule has 7 nitrogen and oxygen atoms in total. The van der Waals surface area contributed by atoms with Crippen LogP contribution in [0, 0.1) is 6.92 Å². The summed E-state index contributed by atoms with van der Waals surface area (Å²) in [6, 6.07) is 11.4. The number of thiazole rings is 1. The van der Waals surface area contributed by atoms with Crippen LogP contribution in [0.1, 0.15) is 16.2 Å². The van der Waals surface area contributed by atoms with E-state index in [4.69, 9.17) is 21.3 Å². The Hall–Kier alpha value is -2.52. The molecular weight excluding hydrogens is 434 g/mol. The van der Waals surface area contributed by atoms with Crippen LogP contribution in [0.5, 0.6) is 0 Å². The first kappa shape index (κ1) is 20.4. The molecule has 0 radical (unpaired) electrons. The number of ether oxygens (including phenoxy) is 1. The molecule has 1 amide bonds. The van der Waals surface area contributed by atoms with Crippen LogP contribution in [-0.2, 0) is 4.74 Å². The molecule has 0 unspecified atom stereocenters. The predicted octanol–water partition coefficient (Wildman–Crippen LogP) is 3.88. The average molecular weight is 456 g/mol. The Labute approximate surface area is 188 Å². The number of fused-ring (bicyclic) bond motifs is 2. The SMILES string of the molecule is Cc1nc2ccccn2c1C(=O)N(CCN1CCOCC1)c1nc2c(Cl)cccc2s1. The zero-order chi connectivity index (χ0) is 21.4. The van der Waals surface area contributed by atoms with Gasteiger partial charge in [0.2, 0.25) is 0 Å². The van der Waals surface area contributed by atoms with Crippen molar-refractivity contribution >= 4 is 49.8 Å². The van der Waals surface area contributed by atoms with Gasteiger partial charge in [0.15, 0.2) is 5.13 Å². The van der Waals surface area contributed by atoms with Gasteiger partial charge >= 0.3 is 0 Å². The number of amides is 1. The minimum atomic E-state index is -0.111. The summed E-state index contributed by atoms with van der Waals surface area (Å²) < 4.78 is 8.26. The van der Waals surface area contributed by atoms with E-state index in [1.807, 2.05) is 53.9 Å². The van der Waals surface area contributed by atoms with Crippen LogP contribution < -0.4 is 4.90 Å². The number of halogens is 1. The van der Waals surface area contributed by atoms with Crippen LogP contribution in [0.3, 0.4) is 0 Å². The van der Waals surface area contributed by atoms with Crippen molar-refractivity contribution in [3.8, 4) is 0 Å². The van der Waals surface area contributed by atoms with Crippen molar-refractivity contribution in [1.82, 2.24) is 19.3 Å². The monoisotopic (exact) mass is 455 g/mol. The van der Waals surface area contributed by atoms with Crippen LogP contribution in [-0.4, -0.2) is 64.6 Å². The summed E-state index contributed by atoms with van der Waals surface area (Å²) in [6.45, 7) is 6.30. The van der Waals surface area contributed by atoms with E-state index in [9.17, 15) is 4.79 Å². The number of para-hydroxylation sites is 1. The number of hydrogen-bond acceptors (Lipinski definition) is 6. The van der Waals surface area contributed by atoms with Gasteiger partial charge in [-0.2, -0.15) is 0 Å². The van der Waals surface area contributed by atoms with E-state index in [1.165, 1.54) is 11.3 Å². The third kappa shape index (κ3) is 3.92. The molecule has 4 heterocycles. The molecule has 5 rings (SSSR count). The van der Waals surface area contributed by atoms with Gasteiger partial charge in [-0.25, -0.2) is 9.97 Å². The van der Waals surface area contributed by atoms with Crippen molar-refractivity contribution in [3.63, 3.8) is 0 Å². The third-order valence-corrected chi connectivity index (χ3v) is 6.83. The Balaban J connectivity index is 1.54. The maximum atomic E-state index is 13.8. The van der Waals surface area contributed by atoms with Crippen LogP contribution >= 0.6 is 22.9 Å². The lowest BCUT2D eigenvalue weighted by Gasteiger charge is -2.29. The highest BCUT2D eigenvalue weighted by molar-refractivity contribution is 7.22. The molecule has 1 aliphatic heterocycles. The number of aromatic nitrogens is 3. The van der Waals surface area contributed by atoms with E-state index in [2.05, 4.69) is 9.88 Å². The normalized spacial score (nSPS) is 15.0. The molecule has 1 aliphatic rings. The molecule has 0 saturated carbocycles. The number of morpholine rings is 1. The van der Waals surface area contributed by atoms with Gasteiger partial charge in [0.1, 0.15) is 16.9 Å². The molecule has 3 aromatic heterocycles. The number of carbonyl (C=O) groups is 1. The minimum Gasteiger partial charge on any atom is -0.379 e. The van der Waals surface area contributed by atoms with Crippen LogP contribution in [0.4, 0.5) is 5.13 Å². The second-order valence-corrected chi connectivity index (χ2v) is 8.88. The van der Waals surface area contributed by atoms with Crippen molar-refractivity contribution in [2.24, 2.45) is 0 Å². The number of pyridine rings is 1. The van der Waals surface area contributed by atoms with Gasteiger partial charge in [0, 0.05) is 32.4 Å². The van der Waals surface area contributed by atoms with Gasteiger partial charge in [0.05, 0.1) is 28.6 Å². The lowest BCUT2D eigenvalue weighted by Crippen LogP contribution is -2.43. The van der Waals surface area contributed by atoms with E-state index >= 15 is 0 Å². The Morgan fingerprint density at radius 3 is 2.84 bits per heavy atom. The highest BCUT2D eigenvalue weighted by Crippen LogP contribution is 2.33. The van der Waals surface area contributed by atoms with Crippen molar-refractivity contribution < 1.29 is 9.53 Å². The molecular formula is C22H22ClN5O2S. The molecule has 1 aromatic carbocycles. The van der Waals surface area contributed by atoms with E-state index in [0.29, 0.717) is 28.1 Å². The summed E-state index contributed by atoms with van der Waals surface area (Å²) in [5, 5.41) is 1.23. The summed E-state index contributed by atoms with van der Waals surface area (Å²) in [5.74, 6) is -0.111. The maximum absolute atomic E-state index is 13.8. The number of imidazole rings is 1. The zero-order valence-corrected chi connectivity index (χ0v) is 18.7. The molecule has 160 valence electrons. The molecule has 1 fully saturated rings. The van der Waals surface area contributed by atoms with Crippen molar-refractivity contribution in [1.29, 1.82) is 0 Å². The second kappa shape index (κ2) is 8.55. The van der Waals surface area contributed by atoms with E-state index in [0.717, 1.165) is 48.7 Å². The van der Waals surface area contributed by atoms with E-state index in [-0.39, 0.29) is 5.91 Å². The van der Waals surface area contributed by atoms with Crippen molar-refractivity contribution in [3.05, 3.63) is 59.0 Å². The number of rotatable bonds is 5. The number of aryl methyl sites for hydroxylation is 1. The second-order valence-electron chi connectivity index (χ2n) is 7.47. The number of anilines is 1. The molecule has 0 spiro atoms. The fourth-order valence-electron chi connectivity index (χ4n) is 3.87. The Morgan fingerprint density at radius 2 is 2.03 bits per heavy atom. The summed E-state index contributed by atoms with van der Waals surface area (Å²) in [7, 11) is 0. The summed E-state index contributed by atoms with van der Waals surface area (Å²) >= 11 is 7.84. The van der Waals surface area contributed by atoms with Crippen LogP contribution in [0.25, 0.3) is 15.9 Å². The van der Waals surface area contributed by atoms with Gasteiger partial charge < -0.3 is 4.74 Å². The lowest BCUT2D eigenvalue weighted by molar-refractivity contribution is 0.0391. The maximum Gasteiger partial charge on any atom is 0.279 e. The highest BCUT2D eigenvalue weighted by Gasteiger charge is 2.27. The minimum absolute atomic E-state index is 0.111. The van der Waals surface area contributed by atoms with Gasteiger partial charge in [-0.3, -0.25) is 19.0 Å². The molecule has 9 heteroatoms. The number of carbonyl (C=O) groups excluding carboxylic acids is 1. The van der Waals surface area contributed by atoms with Crippen molar-refractivity contribution in [2.45, 2.75) is 6.92 Å². The summed E-state index contributed by atoms with van der Waals surface area (Å²) in [6.07, 6.45) is 1.87. The Morgan fingerprint density at radius 1 is 1.19 bits per heavy atom. The van der Waals surface area contributed by atoms with E-state index in [1.54, 1.807) is 4.90 Å². The molecule has 1 saturated heterocycles. The number of nitrogens with zero attached hydrogens (tertiary/aromatic N) is 5. The third-order valence-electron chi connectivity index (χ3n) is 5.48. The first-order valence-electron chi connectivity index (χ1n) is 10.2. The summed E-state index contributed by atoms with van der Waals surface area (Å²) in [4.78, 5) is 27.2. The Bertz CT molecular complexity index is 1250. The lowest BCUT2D eigenvalue weighted by atomic mass is 10.3. The average Bonchev–Trinajstić information content (AvgIpc) is 3.35. The quantitative estimate of drug-likeness (QED) is 0.457. The molecule has 31 heavy (non-hydrogen) atoms. The topological polar surface area (TPSA) is 63.0 Å². The summed E-state index contributed by atoms with van der Waals surface area (Å²) in [5.41, 5.74) is 2.74. The number of benzene rings is 1. The van der Waals surface area contributed by atoms with Gasteiger partial charge in [0.25, 0.3) is 5.91 Å². The zero-order valence-electron chi connectivity index (χ0n) is 17.1. The van der Waals surface area contributed by atoms with Crippen LogP contribution in [0.15, 0.2) is 42.6 Å². The molecule has 0 bridgehead atoms. The molecule has 4 aromatic rings. The van der Waals surface area contributed by atoms with Gasteiger partial charge in [-0.15, -0.1) is 0 Å². The van der Waals surface area contributed by atoms with Crippen molar-refractivity contribution in [2.75, 3.05) is 44.3 Å². The molecule has 0 N–H and O–H groups in total. The fourth-order valence-corrected chi connectivity index (χ4v) is 5.16.